The van der Waals surface area contributed by atoms with Gasteiger partial charge in [-0.25, -0.2) is 4.98 Å². The number of pyridine rings is 1. The SMILES string of the molecule is Cc1cc(-c2cn3ccccc3n2)c(C)s1. The average molecular weight is 228 g/mol. The first-order valence-corrected chi connectivity index (χ1v) is 6.07. The summed E-state index contributed by atoms with van der Waals surface area (Å²) in [5.41, 5.74) is 3.32. The number of imidazole rings is 1. The highest BCUT2D eigenvalue weighted by Gasteiger charge is 2.09. The number of hydrogen-bond donors (Lipinski definition) is 0. The molecule has 0 unspecified atom stereocenters. The fraction of sp³-hybridized carbons (Fsp3) is 0.154. The summed E-state index contributed by atoms with van der Waals surface area (Å²) in [5, 5.41) is 0. The van der Waals surface area contributed by atoms with E-state index >= 15 is 0 Å². The maximum absolute atomic E-state index is 4.63. The average Bonchev–Trinajstić information content (AvgIpc) is 2.81. The molecular weight excluding hydrogens is 216 g/mol. The Morgan fingerprint density at radius 3 is 2.81 bits per heavy atom. The van der Waals surface area contributed by atoms with Gasteiger partial charge in [-0.15, -0.1) is 11.3 Å². The van der Waals surface area contributed by atoms with Crippen LogP contribution in [-0.4, -0.2) is 9.38 Å². The standard InChI is InChI=1S/C13H12N2S/c1-9-7-11(10(2)16-9)12-8-15-6-4-3-5-13(15)14-12/h3-8H,1-2H3. The predicted molar refractivity (Wildman–Crippen MR) is 68.0 cm³/mol. The third kappa shape index (κ3) is 1.44. The van der Waals surface area contributed by atoms with Crippen LogP contribution in [0.15, 0.2) is 36.7 Å². The molecule has 0 fully saturated rings. The highest BCUT2D eigenvalue weighted by molar-refractivity contribution is 7.12. The molecule has 0 aromatic carbocycles. The monoisotopic (exact) mass is 228 g/mol. The van der Waals surface area contributed by atoms with Crippen LogP contribution in [0.3, 0.4) is 0 Å². The van der Waals surface area contributed by atoms with E-state index in [4.69, 9.17) is 0 Å². The zero-order valence-corrected chi connectivity index (χ0v) is 10.1. The molecule has 0 N–H and O–H groups in total. The van der Waals surface area contributed by atoms with Crippen LogP contribution in [0.1, 0.15) is 9.75 Å². The molecule has 16 heavy (non-hydrogen) atoms. The van der Waals surface area contributed by atoms with Crippen molar-refractivity contribution in [1.82, 2.24) is 9.38 Å². The van der Waals surface area contributed by atoms with Crippen LogP contribution in [-0.2, 0) is 0 Å². The highest BCUT2D eigenvalue weighted by Crippen LogP contribution is 2.29. The molecule has 2 nitrogen and oxygen atoms in total. The first-order valence-electron chi connectivity index (χ1n) is 5.25. The molecule has 80 valence electrons. The summed E-state index contributed by atoms with van der Waals surface area (Å²) in [5.74, 6) is 0. The number of hydrogen-bond acceptors (Lipinski definition) is 2. The second-order valence-corrected chi connectivity index (χ2v) is 5.38. The lowest BCUT2D eigenvalue weighted by Gasteiger charge is -1.91. The van der Waals surface area contributed by atoms with E-state index in [2.05, 4.69) is 35.5 Å². The van der Waals surface area contributed by atoms with Gasteiger partial charge >= 0.3 is 0 Å². The number of aryl methyl sites for hydroxylation is 2. The van der Waals surface area contributed by atoms with Crippen LogP contribution in [0, 0.1) is 13.8 Å². The lowest BCUT2D eigenvalue weighted by Crippen LogP contribution is -1.77. The maximum atomic E-state index is 4.63. The van der Waals surface area contributed by atoms with Gasteiger partial charge in [0.25, 0.3) is 0 Å². The molecule has 3 aromatic rings. The number of aromatic nitrogens is 2. The lowest BCUT2D eigenvalue weighted by molar-refractivity contribution is 1.19. The Labute approximate surface area is 98.2 Å². The minimum atomic E-state index is 1.00. The summed E-state index contributed by atoms with van der Waals surface area (Å²) < 4.78 is 2.06. The lowest BCUT2D eigenvalue weighted by atomic mass is 10.2. The fourth-order valence-corrected chi connectivity index (χ4v) is 2.88. The molecule has 0 bridgehead atoms. The van der Waals surface area contributed by atoms with Gasteiger partial charge in [-0.1, -0.05) is 6.07 Å². The number of rotatable bonds is 1. The molecule has 0 saturated carbocycles. The van der Waals surface area contributed by atoms with Crippen molar-refractivity contribution < 1.29 is 0 Å². The van der Waals surface area contributed by atoms with E-state index in [0.29, 0.717) is 0 Å². The van der Waals surface area contributed by atoms with E-state index in [0.717, 1.165) is 11.3 Å². The third-order valence-electron chi connectivity index (χ3n) is 2.68. The van der Waals surface area contributed by atoms with Crippen molar-refractivity contribution in [2.45, 2.75) is 13.8 Å². The second kappa shape index (κ2) is 3.46. The summed E-state index contributed by atoms with van der Waals surface area (Å²) in [6, 6.07) is 8.27. The van der Waals surface area contributed by atoms with Crippen LogP contribution in [0.2, 0.25) is 0 Å². The zero-order valence-electron chi connectivity index (χ0n) is 9.27. The van der Waals surface area contributed by atoms with Crippen LogP contribution in [0.25, 0.3) is 16.9 Å². The van der Waals surface area contributed by atoms with E-state index in [9.17, 15) is 0 Å². The largest absolute Gasteiger partial charge is 0.306 e. The van der Waals surface area contributed by atoms with Crippen molar-refractivity contribution in [1.29, 1.82) is 0 Å². The predicted octanol–water partition coefficient (Wildman–Crippen LogP) is 3.68. The van der Waals surface area contributed by atoms with Gasteiger partial charge in [-0.05, 0) is 32.0 Å². The van der Waals surface area contributed by atoms with Gasteiger partial charge in [0.1, 0.15) is 5.65 Å². The third-order valence-corrected chi connectivity index (χ3v) is 3.65. The molecule has 0 amide bonds. The summed E-state index contributed by atoms with van der Waals surface area (Å²) in [7, 11) is 0. The molecule has 0 saturated heterocycles. The van der Waals surface area contributed by atoms with Gasteiger partial charge in [0.2, 0.25) is 0 Å². The highest BCUT2D eigenvalue weighted by atomic mass is 32.1. The minimum Gasteiger partial charge on any atom is -0.306 e. The second-order valence-electron chi connectivity index (χ2n) is 3.92. The molecule has 3 heteroatoms. The first-order chi connectivity index (χ1) is 7.74. The van der Waals surface area contributed by atoms with Gasteiger partial charge in [-0.2, -0.15) is 0 Å². The molecule has 0 atom stereocenters. The molecule has 0 aliphatic rings. The Balaban J connectivity index is 2.22. The van der Waals surface area contributed by atoms with Crippen molar-refractivity contribution in [2.24, 2.45) is 0 Å². The number of nitrogens with zero attached hydrogens (tertiary/aromatic N) is 2. The van der Waals surface area contributed by atoms with Gasteiger partial charge in [0.15, 0.2) is 0 Å². The van der Waals surface area contributed by atoms with Crippen LogP contribution in [0.4, 0.5) is 0 Å². The molecule has 0 spiro atoms. The molecule has 0 aliphatic carbocycles. The van der Waals surface area contributed by atoms with Gasteiger partial charge < -0.3 is 4.40 Å². The van der Waals surface area contributed by atoms with Crippen molar-refractivity contribution in [3.8, 4) is 11.3 Å². The van der Waals surface area contributed by atoms with Crippen LogP contribution >= 0.6 is 11.3 Å². The number of thiophene rings is 1. The Morgan fingerprint density at radius 1 is 1.25 bits per heavy atom. The number of fused-ring (bicyclic) bond motifs is 1. The van der Waals surface area contributed by atoms with Crippen molar-refractivity contribution in [2.75, 3.05) is 0 Å². The Morgan fingerprint density at radius 2 is 2.12 bits per heavy atom. The minimum absolute atomic E-state index is 1.00. The zero-order chi connectivity index (χ0) is 11.1. The fourth-order valence-electron chi connectivity index (χ4n) is 1.95. The summed E-state index contributed by atoms with van der Waals surface area (Å²) in [4.78, 5) is 7.30. The normalized spacial score (nSPS) is 11.1. The molecule has 3 aromatic heterocycles. The maximum Gasteiger partial charge on any atom is 0.137 e. The van der Waals surface area contributed by atoms with Gasteiger partial charge in [-0.3, -0.25) is 0 Å². The summed E-state index contributed by atoms with van der Waals surface area (Å²) in [6.07, 6.45) is 4.12. The van der Waals surface area contributed by atoms with E-state index < -0.39 is 0 Å². The van der Waals surface area contributed by atoms with Gasteiger partial charge in [0, 0.05) is 27.7 Å². The van der Waals surface area contributed by atoms with Gasteiger partial charge in [0.05, 0.1) is 5.69 Å². The van der Waals surface area contributed by atoms with E-state index in [1.165, 1.54) is 15.3 Å². The van der Waals surface area contributed by atoms with Crippen molar-refractivity contribution in [3.63, 3.8) is 0 Å². The molecule has 3 heterocycles. The topological polar surface area (TPSA) is 17.3 Å². The van der Waals surface area contributed by atoms with E-state index in [-0.39, 0.29) is 0 Å². The van der Waals surface area contributed by atoms with Crippen LogP contribution in [0.5, 0.6) is 0 Å². The summed E-state index contributed by atoms with van der Waals surface area (Å²) >= 11 is 1.82. The Bertz CT molecular complexity index is 616. The molecule has 0 radical (unpaired) electrons. The van der Waals surface area contributed by atoms with E-state index in [1.807, 2.05) is 35.7 Å². The van der Waals surface area contributed by atoms with Crippen molar-refractivity contribution >= 4 is 17.0 Å². The molecule has 3 rings (SSSR count). The van der Waals surface area contributed by atoms with Crippen LogP contribution < -0.4 is 0 Å². The molecule has 0 aliphatic heterocycles. The smallest absolute Gasteiger partial charge is 0.137 e. The Kier molecular flexibility index (Phi) is 2.07. The Hall–Kier alpha value is -1.61. The molecular formula is C13H12N2S. The van der Waals surface area contributed by atoms with Crippen molar-refractivity contribution in [3.05, 3.63) is 46.4 Å². The first kappa shape index (κ1) is 9.60. The van der Waals surface area contributed by atoms with E-state index in [1.54, 1.807) is 0 Å². The summed E-state index contributed by atoms with van der Waals surface area (Å²) in [6.45, 7) is 4.29. The quantitative estimate of drug-likeness (QED) is 0.621.